The van der Waals surface area contributed by atoms with Gasteiger partial charge in [0.1, 0.15) is 6.61 Å². The molecular formula is C25H29ClN2O4. The molecular weight excluding hydrogens is 428 g/mol. The first-order valence-corrected chi connectivity index (χ1v) is 10.2. The third-order valence-corrected chi connectivity index (χ3v) is 5.02. The van der Waals surface area contributed by atoms with Gasteiger partial charge in [0.15, 0.2) is 11.5 Å². The second-order valence-corrected chi connectivity index (χ2v) is 7.12. The highest BCUT2D eigenvalue weighted by Crippen LogP contribution is 2.36. The molecule has 32 heavy (non-hydrogen) atoms. The molecule has 0 aromatic heterocycles. The zero-order chi connectivity index (χ0) is 22.1. The lowest BCUT2D eigenvalue weighted by molar-refractivity contribution is 0.132. The van der Waals surface area contributed by atoms with Crippen LogP contribution in [0, 0.1) is 0 Å². The second kappa shape index (κ2) is 12.6. The van der Waals surface area contributed by atoms with Gasteiger partial charge in [-0.1, -0.05) is 66.7 Å². The summed E-state index contributed by atoms with van der Waals surface area (Å²) in [5, 5.41) is 9.91. The Morgan fingerprint density at radius 2 is 1.62 bits per heavy atom. The molecule has 3 aromatic rings. The summed E-state index contributed by atoms with van der Waals surface area (Å²) in [5.74, 6) is 1.16. The van der Waals surface area contributed by atoms with Gasteiger partial charge in [0.25, 0.3) is 0 Å². The number of carboxylic acid groups (broad SMARTS) is 1. The molecule has 3 aromatic carbocycles. The minimum atomic E-state index is -0.995. The van der Waals surface area contributed by atoms with Crippen LogP contribution in [0.2, 0.25) is 0 Å². The summed E-state index contributed by atoms with van der Waals surface area (Å²) in [4.78, 5) is 13.5. The van der Waals surface area contributed by atoms with Gasteiger partial charge in [-0.15, -0.1) is 12.4 Å². The quantitative estimate of drug-likeness (QED) is 0.442. The highest BCUT2D eigenvalue weighted by Gasteiger charge is 2.27. The molecule has 1 atom stereocenters. The molecule has 0 radical (unpaired) electrons. The van der Waals surface area contributed by atoms with Crippen LogP contribution in [0.25, 0.3) is 0 Å². The van der Waals surface area contributed by atoms with Crippen LogP contribution in [-0.2, 0) is 6.61 Å². The van der Waals surface area contributed by atoms with Crippen molar-refractivity contribution in [1.29, 1.82) is 0 Å². The molecule has 0 heterocycles. The maximum atomic E-state index is 12.1. The number of ether oxygens (including phenoxy) is 2. The van der Waals surface area contributed by atoms with Gasteiger partial charge in [-0.05, 0) is 41.8 Å². The van der Waals surface area contributed by atoms with E-state index in [1.165, 1.54) is 4.90 Å². The van der Waals surface area contributed by atoms with Crippen LogP contribution in [0.3, 0.4) is 0 Å². The van der Waals surface area contributed by atoms with Gasteiger partial charge in [0, 0.05) is 6.54 Å². The Balaban J connectivity index is 0.00000363. The number of halogens is 1. The first-order chi connectivity index (χ1) is 15.1. The predicted molar refractivity (Wildman–Crippen MR) is 128 cm³/mol. The standard InChI is InChI=1S/C25H28N2O4.ClH/c1-30-23-17-21(13-14-22(23)31-18-19-9-4-2-5-10-19)24(20-11-6-3-7-12-20)27(25(28)29)16-8-15-26;/h2-7,9-14,17,24H,8,15-16,18,26H2,1H3,(H,28,29);1H. The Morgan fingerprint density at radius 1 is 0.969 bits per heavy atom. The van der Waals surface area contributed by atoms with Gasteiger partial charge < -0.3 is 20.3 Å². The zero-order valence-electron chi connectivity index (χ0n) is 18.0. The van der Waals surface area contributed by atoms with Crippen molar-refractivity contribution in [3.8, 4) is 11.5 Å². The number of nitrogens with two attached hydrogens (primary N) is 1. The second-order valence-electron chi connectivity index (χ2n) is 7.12. The lowest BCUT2D eigenvalue weighted by Crippen LogP contribution is -2.36. The molecule has 3 N–H and O–H groups in total. The normalized spacial score (nSPS) is 11.2. The van der Waals surface area contributed by atoms with E-state index in [1.807, 2.05) is 78.9 Å². The van der Waals surface area contributed by atoms with Gasteiger partial charge in [0.05, 0.1) is 13.2 Å². The molecule has 0 saturated carbocycles. The lowest BCUT2D eigenvalue weighted by atomic mass is 9.96. The molecule has 0 aliphatic carbocycles. The zero-order valence-corrected chi connectivity index (χ0v) is 18.8. The van der Waals surface area contributed by atoms with Crippen molar-refractivity contribution in [2.24, 2.45) is 5.73 Å². The number of nitrogens with zero attached hydrogens (tertiary/aromatic N) is 1. The van der Waals surface area contributed by atoms with Gasteiger partial charge in [-0.2, -0.15) is 0 Å². The first kappa shape index (κ1) is 25.0. The summed E-state index contributed by atoms with van der Waals surface area (Å²) in [6.45, 7) is 1.16. The van der Waals surface area contributed by atoms with Crippen LogP contribution in [-0.4, -0.2) is 36.3 Å². The SMILES string of the molecule is COc1cc(C(c2ccccc2)N(CCCN)C(=O)O)ccc1OCc1ccccc1.Cl. The summed E-state index contributed by atoms with van der Waals surface area (Å²) in [6, 6.07) is 24.5. The number of methoxy groups -OCH3 is 1. The van der Waals surface area contributed by atoms with E-state index in [0.717, 1.165) is 16.7 Å². The largest absolute Gasteiger partial charge is 0.493 e. The molecule has 0 saturated heterocycles. The molecule has 1 unspecified atom stereocenters. The number of amides is 1. The van der Waals surface area contributed by atoms with E-state index in [0.29, 0.717) is 37.6 Å². The average molecular weight is 457 g/mol. The molecule has 7 heteroatoms. The third kappa shape index (κ3) is 6.39. The van der Waals surface area contributed by atoms with Crippen molar-refractivity contribution in [3.05, 3.63) is 95.6 Å². The van der Waals surface area contributed by atoms with E-state index in [9.17, 15) is 9.90 Å². The number of carbonyl (C=O) groups is 1. The van der Waals surface area contributed by atoms with Crippen LogP contribution in [0.4, 0.5) is 4.79 Å². The topological polar surface area (TPSA) is 85.0 Å². The molecule has 0 bridgehead atoms. The molecule has 3 rings (SSSR count). The molecule has 0 spiro atoms. The highest BCUT2D eigenvalue weighted by molar-refractivity contribution is 5.85. The highest BCUT2D eigenvalue weighted by atomic mass is 35.5. The Bertz CT molecular complexity index is 970. The number of benzene rings is 3. The molecule has 0 aliphatic heterocycles. The molecule has 6 nitrogen and oxygen atoms in total. The summed E-state index contributed by atoms with van der Waals surface area (Å²) in [5.41, 5.74) is 8.37. The summed E-state index contributed by atoms with van der Waals surface area (Å²) >= 11 is 0. The van der Waals surface area contributed by atoms with Crippen LogP contribution in [0.5, 0.6) is 11.5 Å². The average Bonchev–Trinajstić information content (AvgIpc) is 2.81. The van der Waals surface area contributed by atoms with Crippen molar-refractivity contribution in [1.82, 2.24) is 4.90 Å². The van der Waals surface area contributed by atoms with Gasteiger partial charge in [0.2, 0.25) is 0 Å². The van der Waals surface area contributed by atoms with E-state index < -0.39 is 12.1 Å². The summed E-state index contributed by atoms with van der Waals surface area (Å²) < 4.78 is 11.5. The van der Waals surface area contributed by atoms with Crippen molar-refractivity contribution >= 4 is 18.5 Å². The van der Waals surface area contributed by atoms with E-state index in [-0.39, 0.29) is 12.4 Å². The Labute approximate surface area is 195 Å². The molecule has 170 valence electrons. The maximum absolute atomic E-state index is 12.1. The minimum absolute atomic E-state index is 0. The molecule has 0 fully saturated rings. The van der Waals surface area contributed by atoms with Gasteiger partial charge in [-0.25, -0.2) is 4.79 Å². The van der Waals surface area contributed by atoms with E-state index in [2.05, 4.69) is 0 Å². The van der Waals surface area contributed by atoms with Gasteiger partial charge >= 0.3 is 6.09 Å². The fourth-order valence-electron chi connectivity index (χ4n) is 3.49. The van der Waals surface area contributed by atoms with Crippen molar-refractivity contribution in [2.75, 3.05) is 20.2 Å². The maximum Gasteiger partial charge on any atom is 0.408 e. The predicted octanol–water partition coefficient (Wildman–Crippen LogP) is 5.11. The van der Waals surface area contributed by atoms with Crippen LogP contribution in [0.1, 0.15) is 29.2 Å². The minimum Gasteiger partial charge on any atom is -0.493 e. The number of rotatable bonds is 10. The van der Waals surface area contributed by atoms with Crippen molar-refractivity contribution in [3.63, 3.8) is 0 Å². The summed E-state index contributed by atoms with van der Waals surface area (Å²) in [6.07, 6.45) is -0.420. The van der Waals surface area contributed by atoms with Crippen molar-refractivity contribution < 1.29 is 19.4 Å². The Morgan fingerprint density at radius 3 is 2.22 bits per heavy atom. The van der Waals surface area contributed by atoms with Gasteiger partial charge in [-0.3, -0.25) is 4.90 Å². The Kier molecular flexibility index (Phi) is 9.85. The molecule has 0 aliphatic rings. The monoisotopic (exact) mass is 456 g/mol. The fraction of sp³-hybridized carbons (Fsp3) is 0.240. The number of hydrogen-bond acceptors (Lipinski definition) is 4. The van der Waals surface area contributed by atoms with Crippen molar-refractivity contribution in [2.45, 2.75) is 19.1 Å². The smallest absolute Gasteiger partial charge is 0.408 e. The molecule has 1 amide bonds. The lowest BCUT2D eigenvalue weighted by Gasteiger charge is -2.30. The number of hydrogen-bond donors (Lipinski definition) is 2. The fourth-order valence-corrected chi connectivity index (χ4v) is 3.49. The van der Waals surface area contributed by atoms with Crippen LogP contribution >= 0.6 is 12.4 Å². The van der Waals surface area contributed by atoms with Crippen LogP contribution < -0.4 is 15.2 Å². The Hall–Kier alpha value is -3.22. The van der Waals surface area contributed by atoms with E-state index >= 15 is 0 Å². The first-order valence-electron chi connectivity index (χ1n) is 10.2. The van der Waals surface area contributed by atoms with Crippen LogP contribution in [0.15, 0.2) is 78.9 Å². The van der Waals surface area contributed by atoms with E-state index in [1.54, 1.807) is 7.11 Å². The third-order valence-electron chi connectivity index (χ3n) is 5.02. The summed E-state index contributed by atoms with van der Waals surface area (Å²) in [7, 11) is 1.58. The van der Waals surface area contributed by atoms with E-state index in [4.69, 9.17) is 15.2 Å².